The van der Waals surface area contributed by atoms with Gasteiger partial charge in [0, 0.05) is 13.0 Å². The van der Waals surface area contributed by atoms with Crippen molar-refractivity contribution < 1.29 is 56.2 Å². The number of aliphatic hydroxyl groups excluding tert-OH is 3. The van der Waals surface area contributed by atoms with Crippen molar-refractivity contribution in [1.29, 1.82) is 0 Å². The lowest BCUT2D eigenvalue weighted by molar-refractivity contribution is -0.301. The summed E-state index contributed by atoms with van der Waals surface area (Å²) in [5.74, 6) is -0.429. The molecule has 65 heavy (non-hydrogen) atoms. The molecule has 0 aromatic rings. The Bertz CT molecular complexity index is 1500. The van der Waals surface area contributed by atoms with Gasteiger partial charge in [0.15, 0.2) is 6.29 Å². The molecule has 1 aliphatic heterocycles. The molecular formula is C52H86O12S. The fourth-order valence-corrected chi connectivity index (χ4v) is 7.27. The highest BCUT2D eigenvalue weighted by Crippen LogP contribution is 2.26. The second-order valence-electron chi connectivity index (χ2n) is 16.3. The zero-order chi connectivity index (χ0) is 47.5. The van der Waals surface area contributed by atoms with Crippen LogP contribution in [-0.4, -0.2) is 97.5 Å². The molecule has 1 aliphatic rings. The predicted octanol–water partition coefficient (Wildman–Crippen LogP) is 11.0. The monoisotopic (exact) mass is 935 g/mol. The summed E-state index contributed by atoms with van der Waals surface area (Å²) in [6.45, 7) is 3.74. The smallest absolute Gasteiger partial charge is 0.397 e. The standard InChI is InChI=1S/C52H86O12S/c1-3-5-7-9-11-13-15-17-19-21-22-23-24-25-26-28-30-32-34-36-38-40-42-60-44-46(45-61-52-50(56)51(64-65(57,58)59)49(55)47(43-53)63-52)62-48(54)41-39-37-35-33-31-29-27-20-18-16-14-12-10-8-6-4-2/h5,7,11,13-14,16-17,19-20,22-23,25-27,30,32,46-47,49-53,55-56H,3-4,6,8-10,12,15,18,21,24,28-29,31,33-45H2,1-2H3,(H,57,58,59)/b7-5-,13-11-,16-14-,19-17-,23-22-,26-25-,27-20-,32-30-. The molecule has 6 atom stereocenters. The van der Waals surface area contributed by atoms with Gasteiger partial charge in [0.1, 0.15) is 30.5 Å². The molecule has 13 heteroatoms. The van der Waals surface area contributed by atoms with Crippen LogP contribution in [-0.2, 0) is 38.3 Å². The summed E-state index contributed by atoms with van der Waals surface area (Å²) in [5, 5.41) is 30.7. The van der Waals surface area contributed by atoms with Crippen molar-refractivity contribution in [3.8, 4) is 0 Å². The van der Waals surface area contributed by atoms with Crippen molar-refractivity contribution in [3.05, 3.63) is 97.2 Å². The van der Waals surface area contributed by atoms with Crippen molar-refractivity contribution in [3.63, 3.8) is 0 Å². The van der Waals surface area contributed by atoms with E-state index in [9.17, 15) is 33.1 Å². The number of unbranched alkanes of at least 4 members (excludes halogenated alkanes) is 12. The summed E-state index contributed by atoms with van der Waals surface area (Å²) in [7, 11) is -5.08. The van der Waals surface area contributed by atoms with Crippen molar-refractivity contribution in [1.82, 2.24) is 0 Å². The van der Waals surface area contributed by atoms with Gasteiger partial charge in [-0.2, -0.15) is 8.42 Å². The van der Waals surface area contributed by atoms with Crippen molar-refractivity contribution >= 4 is 16.4 Å². The van der Waals surface area contributed by atoms with E-state index in [-0.39, 0.29) is 19.6 Å². The van der Waals surface area contributed by atoms with Crippen LogP contribution in [0.15, 0.2) is 97.2 Å². The highest BCUT2D eigenvalue weighted by Gasteiger charge is 2.48. The molecule has 1 fully saturated rings. The molecule has 0 bridgehead atoms. The van der Waals surface area contributed by atoms with Gasteiger partial charge in [0.25, 0.3) is 0 Å². The van der Waals surface area contributed by atoms with E-state index in [0.29, 0.717) is 13.0 Å². The molecule has 6 unspecified atom stereocenters. The molecule has 0 radical (unpaired) electrons. The Balaban J connectivity index is 2.44. The summed E-state index contributed by atoms with van der Waals surface area (Å²) in [5.41, 5.74) is 0. The zero-order valence-corrected chi connectivity index (χ0v) is 40.6. The van der Waals surface area contributed by atoms with Crippen LogP contribution in [0.5, 0.6) is 0 Å². The summed E-state index contributed by atoms with van der Waals surface area (Å²) in [6.07, 6.45) is 48.6. The summed E-state index contributed by atoms with van der Waals surface area (Å²) >= 11 is 0. The maximum Gasteiger partial charge on any atom is 0.397 e. The van der Waals surface area contributed by atoms with E-state index >= 15 is 0 Å². The summed E-state index contributed by atoms with van der Waals surface area (Å²) in [6, 6.07) is 0. The van der Waals surface area contributed by atoms with E-state index in [4.69, 9.17) is 18.9 Å². The van der Waals surface area contributed by atoms with Crippen molar-refractivity contribution in [2.75, 3.05) is 26.4 Å². The molecule has 1 saturated heterocycles. The van der Waals surface area contributed by atoms with E-state index in [1.165, 1.54) is 25.7 Å². The Hall–Kier alpha value is -2.98. The molecule has 0 spiro atoms. The fourth-order valence-electron chi connectivity index (χ4n) is 6.76. The first-order chi connectivity index (χ1) is 31.6. The van der Waals surface area contributed by atoms with E-state index < -0.39 is 59.8 Å². The zero-order valence-electron chi connectivity index (χ0n) is 39.8. The molecule has 0 aromatic heterocycles. The van der Waals surface area contributed by atoms with Gasteiger partial charge in [0.05, 0.1) is 19.8 Å². The fraction of sp³-hybridized carbons (Fsp3) is 0.673. The van der Waals surface area contributed by atoms with Crippen LogP contribution in [0.25, 0.3) is 0 Å². The van der Waals surface area contributed by atoms with E-state index in [2.05, 4.69) is 115 Å². The summed E-state index contributed by atoms with van der Waals surface area (Å²) in [4.78, 5) is 12.9. The van der Waals surface area contributed by atoms with Gasteiger partial charge in [0.2, 0.25) is 0 Å². The lowest BCUT2D eigenvalue weighted by Gasteiger charge is -2.41. The van der Waals surface area contributed by atoms with Crippen LogP contribution < -0.4 is 0 Å². The minimum atomic E-state index is -5.08. The molecular weight excluding hydrogens is 849 g/mol. The predicted molar refractivity (Wildman–Crippen MR) is 261 cm³/mol. The number of esters is 1. The van der Waals surface area contributed by atoms with Crippen molar-refractivity contribution in [2.45, 2.75) is 198 Å². The quantitative estimate of drug-likeness (QED) is 0.0198. The number of hydrogen-bond acceptors (Lipinski definition) is 11. The molecule has 372 valence electrons. The van der Waals surface area contributed by atoms with Gasteiger partial charge in [-0.25, -0.2) is 4.18 Å². The van der Waals surface area contributed by atoms with E-state index in [1.54, 1.807) is 0 Å². The first-order valence-corrected chi connectivity index (χ1v) is 25.9. The maximum atomic E-state index is 12.9. The van der Waals surface area contributed by atoms with Crippen LogP contribution in [0, 0.1) is 0 Å². The molecule has 0 saturated carbocycles. The van der Waals surface area contributed by atoms with Gasteiger partial charge in [-0.3, -0.25) is 9.35 Å². The first kappa shape index (κ1) is 60.0. The molecule has 1 rings (SSSR count). The topological polar surface area (TPSA) is 178 Å². The van der Waals surface area contributed by atoms with Crippen LogP contribution in [0.1, 0.15) is 162 Å². The molecule has 0 aliphatic carbocycles. The third-order valence-corrected chi connectivity index (χ3v) is 10.9. The van der Waals surface area contributed by atoms with Crippen LogP contribution >= 0.6 is 0 Å². The molecule has 0 aromatic carbocycles. The number of rotatable bonds is 41. The highest BCUT2D eigenvalue weighted by atomic mass is 32.3. The van der Waals surface area contributed by atoms with E-state index in [1.807, 2.05) is 0 Å². The second-order valence-corrected chi connectivity index (χ2v) is 17.4. The highest BCUT2D eigenvalue weighted by molar-refractivity contribution is 7.80. The Morgan fingerprint density at radius 3 is 1.55 bits per heavy atom. The number of aliphatic hydroxyl groups is 3. The molecule has 1 heterocycles. The number of allylic oxidation sites excluding steroid dienone is 16. The lowest BCUT2D eigenvalue weighted by atomic mass is 9.99. The minimum Gasteiger partial charge on any atom is -0.457 e. The largest absolute Gasteiger partial charge is 0.457 e. The Morgan fingerprint density at radius 2 is 1.06 bits per heavy atom. The summed E-state index contributed by atoms with van der Waals surface area (Å²) < 4.78 is 59.1. The van der Waals surface area contributed by atoms with Gasteiger partial charge in [-0.15, -0.1) is 0 Å². The van der Waals surface area contributed by atoms with Crippen LogP contribution in [0.3, 0.4) is 0 Å². The second kappa shape index (κ2) is 42.4. The molecule has 0 amide bonds. The Morgan fingerprint density at radius 1 is 0.600 bits per heavy atom. The molecule has 4 N–H and O–H groups in total. The van der Waals surface area contributed by atoms with Crippen LogP contribution in [0.2, 0.25) is 0 Å². The average Bonchev–Trinajstić information content (AvgIpc) is 3.28. The number of carbonyl (C=O) groups excluding carboxylic acids is 1. The first-order valence-electron chi connectivity index (χ1n) is 24.5. The van der Waals surface area contributed by atoms with Gasteiger partial charge in [-0.05, 0) is 96.3 Å². The van der Waals surface area contributed by atoms with Gasteiger partial charge >= 0.3 is 16.4 Å². The number of carbonyl (C=O) groups is 1. The van der Waals surface area contributed by atoms with E-state index in [0.717, 1.165) is 109 Å². The van der Waals surface area contributed by atoms with Gasteiger partial charge < -0.3 is 34.3 Å². The van der Waals surface area contributed by atoms with Gasteiger partial charge in [-0.1, -0.05) is 156 Å². The van der Waals surface area contributed by atoms with Crippen LogP contribution in [0.4, 0.5) is 0 Å². The maximum absolute atomic E-state index is 12.9. The SMILES string of the molecule is CC/C=C\C/C=C\C/C=C\C/C=C\C/C=C\C/C=C\CCCCCOCC(COC1OC(CO)C(O)C(OS(=O)(=O)O)C1O)OC(=O)CCCCCCC/C=C\C/C=C\CCCCCC. The lowest BCUT2D eigenvalue weighted by Crippen LogP contribution is -2.60. The molecule has 12 nitrogen and oxygen atoms in total. The van der Waals surface area contributed by atoms with Crippen molar-refractivity contribution in [2.24, 2.45) is 0 Å². The Kier molecular flexibility index (Phi) is 39.1. The third-order valence-electron chi connectivity index (χ3n) is 10.4. The minimum absolute atomic E-state index is 0.000967. The average molecular weight is 935 g/mol. The third kappa shape index (κ3) is 35.8. The Labute approximate surface area is 393 Å². The number of ether oxygens (including phenoxy) is 4. The normalized spacial score (nSPS) is 20.5. The number of hydrogen-bond donors (Lipinski definition) is 4.